The molecule has 4 heteroatoms. The molecule has 118 valence electrons. The van der Waals surface area contributed by atoms with Crippen LogP contribution in [0, 0.1) is 11.3 Å². The number of esters is 2. The molecule has 0 heterocycles. The Balaban J connectivity index is 3.70. The first-order chi connectivity index (χ1) is 9.12. The van der Waals surface area contributed by atoms with Crippen molar-refractivity contribution in [2.24, 2.45) is 11.3 Å². The van der Waals surface area contributed by atoms with Crippen molar-refractivity contribution < 1.29 is 19.1 Å². The monoisotopic (exact) mass is 286 g/mol. The number of carbonyl (C=O) groups excluding carboxylic acids is 2. The summed E-state index contributed by atoms with van der Waals surface area (Å²) in [4.78, 5) is 23.0. The van der Waals surface area contributed by atoms with Crippen LogP contribution < -0.4 is 0 Å². The predicted octanol–water partition coefficient (Wildman–Crippen LogP) is 3.72. The molecule has 1 unspecified atom stereocenters. The second-order valence-corrected chi connectivity index (χ2v) is 6.78. The van der Waals surface area contributed by atoms with Gasteiger partial charge in [-0.15, -0.1) is 0 Å². The van der Waals surface area contributed by atoms with Crippen LogP contribution in [0.5, 0.6) is 0 Å². The Morgan fingerprint density at radius 3 is 1.90 bits per heavy atom. The first kappa shape index (κ1) is 18.9. The van der Waals surface area contributed by atoms with E-state index in [9.17, 15) is 9.59 Å². The molecule has 0 bridgehead atoms. The maximum atomic E-state index is 11.6. The Bertz CT molecular complexity index is 302. The van der Waals surface area contributed by atoms with Gasteiger partial charge >= 0.3 is 11.9 Å². The molecule has 0 rings (SSSR count). The van der Waals surface area contributed by atoms with Crippen LogP contribution in [0.25, 0.3) is 0 Å². The van der Waals surface area contributed by atoms with E-state index in [4.69, 9.17) is 9.47 Å². The van der Waals surface area contributed by atoms with E-state index >= 15 is 0 Å². The van der Waals surface area contributed by atoms with Crippen molar-refractivity contribution in [2.45, 2.75) is 73.3 Å². The lowest BCUT2D eigenvalue weighted by Gasteiger charge is -2.26. The summed E-state index contributed by atoms with van der Waals surface area (Å²) in [5, 5.41) is 0. The van der Waals surface area contributed by atoms with Crippen molar-refractivity contribution in [2.75, 3.05) is 6.61 Å². The van der Waals surface area contributed by atoms with Gasteiger partial charge in [0.25, 0.3) is 0 Å². The second kappa shape index (κ2) is 8.98. The second-order valence-electron chi connectivity index (χ2n) is 6.78. The van der Waals surface area contributed by atoms with Crippen molar-refractivity contribution in [3.63, 3.8) is 0 Å². The zero-order valence-electron chi connectivity index (χ0n) is 13.8. The summed E-state index contributed by atoms with van der Waals surface area (Å²) in [5.74, 6) is -0.0223. The molecule has 0 saturated heterocycles. The zero-order valence-corrected chi connectivity index (χ0v) is 13.8. The summed E-state index contributed by atoms with van der Waals surface area (Å²) in [6.07, 6.45) is 1.95. The highest BCUT2D eigenvalue weighted by molar-refractivity contribution is 5.70. The first-order valence-electron chi connectivity index (χ1n) is 7.48. The molecule has 0 aromatic carbocycles. The normalized spacial score (nSPS) is 13.2. The molecule has 0 spiro atoms. The van der Waals surface area contributed by atoms with Gasteiger partial charge in [-0.2, -0.15) is 0 Å². The summed E-state index contributed by atoms with van der Waals surface area (Å²) >= 11 is 0. The van der Waals surface area contributed by atoms with Gasteiger partial charge in [-0.25, -0.2) is 0 Å². The average molecular weight is 286 g/mol. The van der Waals surface area contributed by atoms with Gasteiger partial charge in [-0.3, -0.25) is 9.59 Å². The van der Waals surface area contributed by atoms with Crippen LogP contribution in [0.15, 0.2) is 0 Å². The molecule has 0 aliphatic carbocycles. The maximum absolute atomic E-state index is 11.6. The SMILES string of the molecule is CC(C)COC(=O)CCCCC(=O)OC(C)C(C)(C)C. The highest BCUT2D eigenvalue weighted by Gasteiger charge is 2.23. The third-order valence-electron chi connectivity index (χ3n) is 3.12. The molecular formula is C16H30O4. The Labute approximate surface area is 123 Å². The van der Waals surface area contributed by atoms with E-state index in [0.29, 0.717) is 38.2 Å². The van der Waals surface area contributed by atoms with Gasteiger partial charge in [0.1, 0.15) is 6.10 Å². The highest BCUT2D eigenvalue weighted by Crippen LogP contribution is 2.22. The molecule has 0 aromatic heterocycles. The van der Waals surface area contributed by atoms with Crippen LogP contribution in [0.1, 0.15) is 67.2 Å². The average Bonchev–Trinajstić information content (AvgIpc) is 2.30. The number of unbranched alkanes of at least 4 members (excludes halogenated alkanes) is 1. The summed E-state index contributed by atoms with van der Waals surface area (Å²) in [5.41, 5.74) is -0.0453. The summed E-state index contributed by atoms with van der Waals surface area (Å²) < 4.78 is 10.4. The molecule has 4 nitrogen and oxygen atoms in total. The summed E-state index contributed by atoms with van der Waals surface area (Å²) in [7, 11) is 0. The minimum absolute atomic E-state index is 0.0453. The fourth-order valence-electron chi connectivity index (χ4n) is 1.30. The molecule has 0 amide bonds. The molecule has 0 aliphatic rings. The Morgan fingerprint density at radius 1 is 0.950 bits per heavy atom. The van der Waals surface area contributed by atoms with E-state index in [0.717, 1.165) is 0 Å². The fraction of sp³-hybridized carbons (Fsp3) is 0.875. The van der Waals surface area contributed by atoms with Gasteiger partial charge in [0.05, 0.1) is 6.61 Å². The van der Waals surface area contributed by atoms with Crippen LogP contribution in [0.4, 0.5) is 0 Å². The van der Waals surface area contributed by atoms with Gasteiger partial charge in [0, 0.05) is 12.8 Å². The molecule has 0 radical (unpaired) electrons. The van der Waals surface area contributed by atoms with Gasteiger partial charge in [0.2, 0.25) is 0 Å². The molecule has 0 N–H and O–H groups in total. The molecule has 20 heavy (non-hydrogen) atoms. The van der Waals surface area contributed by atoms with E-state index in [2.05, 4.69) is 0 Å². The van der Waals surface area contributed by atoms with E-state index in [-0.39, 0.29) is 23.5 Å². The molecule has 1 atom stereocenters. The minimum atomic E-state index is -0.192. The molecule has 0 aliphatic heterocycles. The third kappa shape index (κ3) is 9.82. The van der Waals surface area contributed by atoms with E-state index in [1.807, 2.05) is 41.5 Å². The predicted molar refractivity (Wildman–Crippen MR) is 79.3 cm³/mol. The standard InChI is InChI=1S/C16H30O4/c1-12(2)11-19-14(17)9-7-8-10-15(18)20-13(3)16(4,5)6/h12-13H,7-11H2,1-6H3. The van der Waals surface area contributed by atoms with Gasteiger partial charge in [-0.1, -0.05) is 34.6 Å². The molecular weight excluding hydrogens is 256 g/mol. The number of hydrogen-bond acceptors (Lipinski definition) is 4. The van der Waals surface area contributed by atoms with Crippen LogP contribution in [0.2, 0.25) is 0 Å². The smallest absolute Gasteiger partial charge is 0.306 e. The zero-order chi connectivity index (χ0) is 15.8. The number of carbonyl (C=O) groups is 2. The topological polar surface area (TPSA) is 52.6 Å². The molecule has 0 fully saturated rings. The van der Waals surface area contributed by atoms with Crippen molar-refractivity contribution in [1.82, 2.24) is 0 Å². The number of hydrogen-bond donors (Lipinski definition) is 0. The Kier molecular flexibility index (Phi) is 8.51. The molecule has 0 saturated carbocycles. The largest absolute Gasteiger partial charge is 0.465 e. The lowest BCUT2D eigenvalue weighted by molar-refractivity contribution is -0.153. The number of rotatable bonds is 8. The molecule has 0 aromatic rings. The van der Waals surface area contributed by atoms with Crippen LogP contribution in [-0.4, -0.2) is 24.6 Å². The van der Waals surface area contributed by atoms with Crippen LogP contribution in [0.3, 0.4) is 0 Å². The number of ether oxygens (including phenoxy) is 2. The van der Waals surface area contributed by atoms with Crippen molar-refractivity contribution >= 4 is 11.9 Å². The third-order valence-corrected chi connectivity index (χ3v) is 3.12. The quantitative estimate of drug-likeness (QED) is 0.504. The van der Waals surface area contributed by atoms with Crippen LogP contribution >= 0.6 is 0 Å². The summed E-state index contributed by atoms with van der Waals surface area (Å²) in [6, 6.07) is 0. The summed E-state index contributed by atoms with van der Waals surface area (Å²) in [6.45, 7) is 12.5. The van der Waals surface area contributed by atoms with Gasteiger partial charge in [-0.05, 0) is 31.1 Å². The highest BCUT2D eigenvalue weighted by atomic mass is 16.5. The van der Waals surface area contributed by atoms with Gasteiger partial charge in [0.15, 0.2) is 0 Å². The van der Waals surface area contributed by atoms with Crippen molar-refractivity contribution in [3.8, 4) is 0 Å². The Hall–Kier alpha value is -1.06. The van der Waals surface area contributed by atoms with E-state index in [1.54, 1.807) is 0 Å². The van der Waals surface area contributed by atoms with Crippen molar-refractivity contribution in [1.29, 1.82) is 0 Å². The van der Waals surface area contributed by atoms with E-state index in [1.165, 1.54) is 0 Å². The Morgan fingerprint density at radius 2 is 1.45 bits per heavy atom. The first-order valence-corrected chi connectivity index (χ1v) is 7.48. The van der Waals surface area contributed by atoms with Crippen molar-refractivity contribution in [3.05, 3.63) is 0 Å². The minimum Gasteiger partial charge on any atom is -0.465 e. The maximum Gasteiger partial charge on any atom is 0.306 e. The lowest BCUT2D eigenvalue weighted by atomic mass is 9.90. The van der Waals surface area contributed by atoms with E-state index < -0.39 is 0 Å². The fourth-order valence-corrected chi connectivity index (χ4v) is 1.30. The van der Waals surface area contributed by atoms with Gasteiger partial charge < -0.3 is 9.47 Å². The van der Waals surface area contributed by atoms with Crippen LogP contribution in [-0.2, 0) is 19.1 Å². The lowest BCUT2D eigenvalue weighted by Crippen LogP contribution is -2.28.